The zero-order chi connectivity index (χ0) is 13.2. The lowest BCUT2D eigenvalue weighted by atomic mass is 10.0. The molecule has 2 aromatic rings. The van der Waals surface area contributed by atoms with Crippen LogP contribution in [0.2, 0.25) is 0 Å². The lowest BCUT2D eigenvalue weighted by Gasteiger charge is -2.06. The van der Waals surface area contributed by atoms with Crippen LogP contribution < -0.4 is 10.1 Å². The third-order valence-electron chi connectivity index (χ3n) is 3.45. The van der Waals surface area contributed by atoms with Crippen molar-refractivity contribution in [1.29, 1.82) is 0 Å². The fraction of sp³-hybridized carbons (Fsp3) is 0.176. The summed E-state index contributed by atoms with van der Waals surface area (Å²) in [7, 11) is 1.69. The average Bonchev–Trinajstić information content (AvgIpc) is 2.79. The Hall–Kier alpha value is -2.22. The zero-order valence-corrected chi connectivity index (χ0v) is 11.1. The number of anilines is 1. The van der Waals surface area contributed by atoms with Crippen molar-refractivity contribution in [1.82, 2.24) is 0 Å². The van der Waals surface area contributed by atoms with Gasteiger partial charge in [0, 0.05) is 17.8 Å². The number of nitrogens with one attached hydrogen (secondary N) is 1. The van der Waals surface area contributed by atoms with Gasteiger partial charge in [-0.25, -0.2) is 0 Å². The first kappa shape index (κ1) is 11.8. The fourth-order valence-corrected chi connectivity index (χ4v) is 2.47. The maximum absolute atomic E-state index is 5.17. The Bertz CT molecular complexity index is 614. The molecule has 2 heteroatoms. The molecule has 0 atom stereocenters. The van der Waals surface area contributed by atoms with Crippen LogP contribution in [0.3, 0.4) is 0 Å². The van der Waals surface area contributed by atoms with E-state index in [1.165, 1.54) is 22.4 Å². The Labute approximate surface area is 113 Å². The Balaban J connectivity index is 1.80. The molecule has 0 bridgehead atoms. The maximum atomic E-state index is 5.17. The van der Waals surface area contributed by atoms with Gasteiger partial charge in [0.05, 0.1) is 7.11 Å². The number of benzene rings is 2. The SMILES string of the molecule is C=C1Cc2cc(Cc3ccc(OC)cc3)ccc2N1. The molecule has 0 aliphatic carbocycles. The minimum atomic E-state index is 0.901. The van der Waals surface area contributed by atoms with E-state index < -0.39 is 0 Å². The molecule has 2 nitrogen and oxygen atoms in total. The van der Waals surface area contributed by atoms with Gasteiger partial charge < -0.3 is 10.1 Å². The Morgan fingerprint density at radius 1 is 1.11 bits per heavy atom. The van der Waals surface area contributed by atoms with Crippen LogP contribution in [0.5, 0.6) is 5.75 Å². The first-order valence-electron chi connectivity index (χ1n) is 6.44. The van der Waals surface area contributed by atoms with Crippen molar-refractivity contribution in [3.05, 3.63) is 71.4 Å². The summed E-state index contributed by atoms with van der Waals surface area (Å²) in [6.45, 7) is 3.98. The fourth-order valence-electron chi connectivity index (χ4n) is 2.47. The highest BCUT2D eigenvalue weighted by Crippen LogP contribution is 2.28. The van der Waals surface area contributed by atoms with Crippen molar-refractivity contribution < 1.29 is 4.74 Å². The number of hydrogen-bond donors (Lipinski definition) is 1. The second kappa shape index (κ2) is 4.81. The topological polar surface area (TPSA) is 21.3 Å². The predicted molar refractivity (Wildman–Crippen MR) is 78.7 cm³/mol. The summed E-state index contributed by atoms with van der Waals surface area (Å²) in [4.78, 5) is 0. The molecule has 96 valence electrons. The standard InChI is InChI=1S/C17H17NO/c1-12-9-15-11-14(5-8-17(15)18-12)10-13-3-6-16(19-2)7-4-13/h3-8,11,18H,1,9-10H2,2H3. The zero-order valence-electron chi connectivity index (χ0n) is 11.1. The third kappa shape index (κ3) is 2.48. The normalized spacial score (nSPS) is 13.0. The molecule has 3 rings (SSSR count). The highest BCUT2D eigenvalue weighted by atomic mass is 16.5. The second-order valence-corrected chi connectivity index (χ2v) is 4.92. The lowest BCUT2D eigenvalue weighted by molar-refractivity contribution is 0.414. The molecule has 2 aromatic carbocycles. The van der Waals surface area contributed by atoms with Gasteiger partial charge in [-0.3, -0.25) is 0 Å². The molecule has 0 radical (unpaired) electrons. The number of hydrogen-bond acceptors (Lipinski definition) is 2. The van der Waals surface area contributed by atoms with Crippen LogP contribution in [-0.4, -0.2) is 7.11 Å². The number of fused-ring (bicyclic) bond motifs is 1. The van der Waals surface area contributed by atoms with E-state index in [0.29, 0.717) is 0 Å². The van der Waals surface area contributed by atoms with Crippen molar-refractivity contribution in [3.8, 4) is 5.75 Å². The summed E-state index contributed by atoms with van der Waals surface area (Å²) in [6, 6.07) is 14.8. The Morgan fingerprint density at radius 2 is 1.84 bits per heavy atom. The minimum absolute atomic E-state index is 0.901. The van der Waals surface area contributed by atoms with Crippen LogP contribution >= 0.6 is 0 Å². The number of ether oxygens (including phenoxy) is 1. The van der Waals surface area contributed by atoms with E-state index in [2.05, 4.69) is 42.2 Å². The molecule has 0 saturated heterocycles. The van der Waals surface area contributed by atoms with Gasteiger partial charge in [-0.2, -0.15) is 0 Å². The predicted octanol–water partition coefficient (Wildman–Crippen LogP) is 3.77. The molecule has 0 saturated carbocycles. The van der Waals surface area contributed by atoms with Crippen LogP contribution in [-0.2, 0) is 12.8 Å². The van der Waals surface area contributed by atoms with E-state index in [1.807, 2.05) is 12.1 Å². The lowest BCUT2D eigenvalue weighted by Crippen LogP contribution is -1.91. The molecule has 0 unspecified atom stereocenters. The highest BCUT2D eigenvalue weighted by molar-refractivity contribution is 5.62. The van der Waals surface area contributed by atoms with E-state index in [0.717, 1.165) is 24.3 Å². The molecule has 1 aliphatic heterocycles. The summed E-state index contributed by atoms with van der Waals surface area (Å²) in [5, 5.41) is 3.29. The first-order chi connectivity index (χ1) is 9.24. The van der Waals surface area contributed by atoms with Gasteiger partial charge >= 0.3 is 0 Å². The van der Waals surface area contributed by atoms with Gasteiger partial charge in [0.2, 0.25) is 0 Å². The van der Waals surface area contributed by atoms with Crippen LogP contribution in [0.15, 0.2) is 54.7 Å². The molecule has 0 fully saturated rings. The molecular weight excluding hydrogens is 234 g/mol. The van der Waals surface area contributed by atoms with E-state index >= 15 is 0 Å². The highest BCUT2D eigenvalue weighted by Gasteiger charge is 2.13. The summed E-state index contributed by atoms with van der Waals surface area (Å²) in [5.74, 6) is 0.901. The molecule has 1 heterocycles. The molecular formula is C17H17NO. The summed E-state index contributed by atoms with van der Waals surface area (Å²) < 4.78 is 5.17. The van der Waals surface area contributed by atoms with Gasteiger partial charge in [-0.1, -0.05) is 30.8 Å². The summed E-state index contributed by atoms with van der Waals surface area (Å²) in [5.41, 5.74) is 6.25. The quantitative estimate of drug-likeness (QED) is 0.896. The molecule has 19 heavy (non-hydrogen) atoms. The molecule has 0 spiro atoms. The summed E-state index contributed by atoms with van der Waals surface area (Å²) in [6.07, 6.45) is 1.88. The van der Waals surface area contributed by atoms with Crippen molar-refractivity contribution in [2.75, 3.05) is 12.4 Å². The van der Waals surface area contributed by atoms with Crippen LogP contribution in [0.4, 0.5) is 5.69 Å². The number of allylic oxidation sites excluding steroid dienone is 1. The van der Waals surface area contributed by atoms with Crippen molar-refractivity contribution in [2.24, 2.45) is 0 Å². The Kier molecular flexibility index (Phi) is 3.00. The molecule has 0 amide bonds. The van der Waals surface area contributed by atoms with Crippen molar-refractivity contribution >= 4 is 5.69 Å². The second-order valence-electron chi connectivity index (χ2n) is 4.92. The van der Waals surface area contributed by atoms with E-state index in [1.54, 1.807) is 7.11 Å². The van der Waals surface area contributed by atoms with E-state index in [4.69, 9.17) is 4.74 Å². The van der Waals surface area contributed by atoms with E-state index in [-0.39, 0.29) is 0 Å². The monoisotopic (exact) mass is 251 g/mol. The van der Waals surface area contributed by atoms with E-state index in [9.17, 15) is 0 Å². The molecule has 1 aliphatic rings. The number of methoxy groups -OCH3 is 1. The minimum Gasteiger partial charge on any atom is -0.497 e. The molecule has 1 N–H and O–H groups in total. The average molecular weight is 251 g/mol. The number of rotatable bonds is 3. The molecule has 0 aromatic heterocycles. The van der Waals surface area contributed by atoms with Crippen molar-refractivity contribution in [2.45, 2.75) is 12.8 Å². The van der Waals surface area contributed by atoms with Gasteiger partial charge in [0.25, 0.3) is 0 Å². The Morgan fingerprint density at radius 3 is 2.58 bits per heavy atom. The van der Waals surface area contributed by atoms with Gasteiger partial charge in [-0.15, -0.1) is 0 Å². The third-order valence-corrected chi connectivity index (χ3v) is 3.45. The largest absolute Gasteiger partial charge is 0.497 e. The van der Waals surface area contributed by atoms with Gasteiger partial charge in [0.1, 0.15) is 5.75 Å². The van der Waals surface area contributed by atoms with Crippen molar-refractivity contribution in [3.63, 3.8) is 0 Å². The van der Waals surface area contributed by atoms with Gasteiger partial charge in [0.15, 0.2) is 0 Å². The van der Waals surface area contributed by atoms with Crippen LogP contribution in [0.1, 0.15) is 16.7 Å². The summed E-state index contributed by atoms with van der Waals surface area (Å²) >= 11 is 0. The van der Waals surface area contributed by atoms with Gasteiger partial charge in [-0.05, 0) is 41.3 Å². The van der Waals surface area contributed by atoms with Crippen LogP contribution in [0, 0.1) is 0 Å². The smallest absolute Gasteiger partial charge is 0.118 e. The maximum Gasteiger partial charge on any atom is 0.118 e. The first-order valence-corrected chi connectivity index (χ1v) is 6.44. The van der Waals surface area contributed by atoms with Crippen LogP contribution in [0.25, 0.3) is 0 Å².